The van der Waals surface area contributed by atoms with Crippen LogP contribution in [0.4, 0.5) is 11.5 Å². The Morgan fingerprint density at radius 1 is 1.63 bits per heavy atom. The number of nitrogens with zero attached hydrogens (tertiary/aromatic N) is 4. The first-order valence-electron chi connectivity index (χ1n) is 6.18. The first kappa shape index (κ1) is 14.0. The molecule has 1 atom stereocenters. The Morgan fingerprint density at radius 3 is 2.95 bits per heavy atom. The van der Waals surface area contributed by atoms with Crippen LogP contribution < -0.4 is 4.90 Å². The zero-order valence-electron chi connectivity index (χ0n) is 11.0. The number of anilines is 1. The molecule has 0 saturated carbocycles. The summed E-state index contributed by atoms with van der Waals surface area (Å²) >= 11 is 5.84. The van der Waals surface area contributed by atoms with Crippen LogP contribution in [0.5, 0.6) is 0 Å². The Balaban J connectivity index is 2.15. The van der Waals surface area contributed by atoms with Crippen molar-refractivity contribution < 1.29 is 4.92 Å². The number of aromatic nitrogens is 1. The lowest BCUT2D eigenvalue weighted by Crippen LogP contribution is -2.28. The zero-order chi connectivity index (χ0) is 14.0. The molecule has 0 amide bonds. The van der Waals surface area contributed by atoms with Gasteiger partial charge in [0.2, 0.25) is 5.82 Å². The Hall–Kier alpha value is -1.40. The van der Waals surface area contributed by atoms with Crippen molar-refractivity contribution in [3.8, 4) is 0 Å². The van der Waals surface area contributed by atoms with E-state index in [1.54, 1.807) is 0 Å². The van der Waals surface area contributed by atoms with E-state index in [9.17, 15) is 10.1 Å². The average molecular weight is 285 g/mol. The molecular formula is C12H17ClN4O2. The van der Waals surface area contributed by atoms with Gasteiger partial charge in [-0.1, -0.05) is 11.6 Å². The smallest absolute Gasteiger partial charge is 0.311 e. The first-order valence-corrected chi connectivity index (χ1v) is 6.56. The molecule has 2 rings (SSSR count). The SMILES string of the molecule is CN1CCC(CN(C)c2nc(Cl)ccc2[N+](=O)[O-])C1. The molecule has 0 radical (unpaired) electrons. The number of rotatable bonds is 4. The minimum atomic E-state index is -0.421. The molecule has 0 bridgehead atoms. The molecule has 1 aromatic heterocycles. The van der Waals surface area contributed by atoms with Crippen molar-refractivity contribution in [3.63, 3.8) is 0 Å². The summed E-state index contributed by atoms with van der Waals surface area (Å²) in [5, 5.41) is 11.3. The molecule has 0 aliphatic carbocycles. The van der Waals surface area contributed by atoms with Gasteiger partial charge in [0.15, 0.2) is 0 Å². The zero-order valence-corrected chi connectivity index (χ0v) is 11.8. The third-order valence-electron chi connectivity index (χ3n) is 3.40. The summed E-state index contributed by atoms with van der Waals surface area (Å²) in [5.74, 6) is 0.849. The highest BCUT2D eigenvalue weighted by molar-refractivity contribution is 6.29. The van der Waals surface area contributed by atoms with Gasteiger partial charge in [-0.05, 0) is 32.0 Å². The van der Waals surface area contributed by atoms with Crippen molar-refractivity contribution in [3.05, 3.63) is 27.4 Å². The van der Waals surface area contributed by atoms with Crippen LogP contribution in [-0.4, -0.2) is 48.5 Å². The third kappa shape index (κ3) is 3.33. The monoisotopic (exact) mass is 284 g/mol. The normalized spacial score (nSPS) is 19.6. The fourth-order valence-electron chi connectivity index (χ4n) is 2.49. The summed E-state index contributed by atoms with van der Waals surface area (Å²) in [7, 11) is 3.91. The lowest BCUT2D eigenvalue weighted by molar-refractivity contribution is -0.384. The summed E-state index contributed by atoms with van der Waals surface area (Å²) < 4.78 is 0. The highest BCUT2D eigenvalue weighted by atomic mass is 35.5. The second kappa shape index (κ2) is 5.71. The van der Waals surface area contributed by atoms with Crippen LogP contribution >= 0.6 is 11.6 Å². The van der Waals surface area contributed by atoms with E-state index in [0.717, 1.165) is 26.1 Å². The van der Waals surface area contributed by atoms with Crippen molar-refractivity contribution in [1.82, 2.24) is 9.88 Å². The molecular weight excluding hydrogens is 268 g/mol. The number of pyridine rings is 1. The maximum atomic E-state index is 11.0. The van der Waals surface area contributed by atoms with E-state index in [4.69, 9.17) is 11.6 Å². The van der Waals surface area contributed by atoms with Crippen LogP contribution in [0.25, 0.3) is 0 Å². The van der Waals surface area contributed by atoms with Crippen molar-refractivity contribution in [2.45, 2.75) is 6.42 Å². The fraction of sp³-hybridized carbons (Fsp3) is 0.583. The molecule has 1 unspecified atom stereocenters. The maximum absolute atomic E-state index is 11.0. The van der Waals surface area contributed by atoms with Crippen molar-refractivity contribution in [2.24, 2.45) is 5.92 Å². The minimum Gasteiger partial charge on any atom is -0.354 e. The van der Waals surface area contributed by atoms with Gasteiger partial charge in [-0.15, -0.1) is 0 Å². The van der Waals surface area contributed by atoms with Crippen LogP contribution in [0.3, 0.4) is 0 Å². The predicted molar refractivity (Wildman–Crippen MR) is 74.8 cm³/mol. The van der Waals surface area contributed by atoms with Crippen molar-refractivity contribution in [2.75, 3.05) is 38.6 Å². The molecule has 1 saturated heterocycles. The van der Waals surface area contributed by atoms with Gasteiger partial charge >= 0.3 is 5.69 Å². The Morgan fingerprint density at radius 2 is 2.37 bits per heavy atom. The average Bonchev–Trinajstić information content (AvgIpc) is 2.74. The van der Waals surface area contributed by atoms with Gasteiger partial charge < -0.3 is 9.80 Å². The van der Waals surface area contributed by atoms with Gasteiger partial charge in [-0.3, -0.25) is 10.1 Å². The molecule has 1 fully saturated rings. The van der Waals surface area contributed by atoms with E-state index in [1.165, 1.54) is 12.1 Å². The molecule has 104 valence electrons. The molecule has 0 aromatic carbocycles. The Labute approximate surface area is 117 Å². The third-order valence-corrected chi connectivity index (χ3v) is 3.61. The van der Waals surface area contributed by atoms with Crippen LogP contribution in [0.15, 0.2) is 12.1 Å². The van der Waals surface area contributed by atoms with Crippen molar-refractivity contribution in [1.29, 1.82) is 0 Å². The van der Waals surface area contributed by atoms with Gasteiger partial charge in [0.05, 0.1) is 4.92 Å². The lowest BCUT2D eigenvalue weighted by atomic mass is 10.1. The van der Waals surface area contributed by atoms with Gasteiger partial charge in [-0.25, -0.2) is 4.98 Å². The second-order valence-electron chi connectivity index (χ2n) is 5.03. The molecule has 0 N–H and O–H groups in total. The van der Waals surface area contributed by atoms with Gasteiger partial charge in [0.1, 0.15) is 5.15 Å². The Kier molecular flexibility index (Phi) is 4.21. The molecule has 2 heterocycles. The molecule has 19 heavy (non-hydrogen) atoms. The summed E-state index contributed by atoms with van der Waals surface area (Å²) in [4.78, 5) is 18.8. The topological polar surface area (TPSA) is 62.5 Å². The molecule has 7 heteroatoms. The standard InChI is InChI=1S/C12H17ClN4O2/c1-15-6-5-9(7-15)8-16(2)12-10(17(18)19)3-4-11(13)14-12/h3-4,9H,5-8H2,1-2H3. The van der Waals surface area contributed by atoms with E-state index < -0.39 is 4.92 Å². The molecule has 1 aliphatic rings. The number of hydrogen-bond acceptors (Lipinski definition) is 5. The van der Waals surface area contributed by atoms with E-state index >= 15 is 0 Å². The summed E-state index contributed by atoms with van der Waals surface area (Å²) in [6, 6.07) is 2.85. The van der Waals surface area contributed by atoms with E-state index in [-0.39, 0.29) is 10.8 Å². The second-order valence-corrected chi connectivity index (χ2v) is 5.42. The summed E-state index contributed by atoms with van der Waals surface area (Å²) in [6.07, 6.45) is 1.11. The van der Waals surface area contributed by atoms with Crippen LogP contribution in [0.2, 0.25) is 5.15 Å². The number of halogens is 1. The number of hydrogen-bond donors (Lipinski definition) is 0. The molecule has 0 spiro atoms. The highest BCUT2D eigenvalue weighted by Crippen LogP contribution is 2.28. The fourth-order valence-corrected chi connectivity index (χ4v) is 2.63. The van der Waals surface area contributed by atoms with Crippen LogP contribution in [0.1, 0.15) is 6.42 Å². The molecule has 1 aromatic rings. The highest BCUT2D eigenvalue weighted by Gasteiger charge is 2.25. The van der Waals surface area contributed by atoms with Crippen LogP contribution in [0, 0.1) is 16.0 Å². The van der Waals surface area contributed by atoms with Gasteiger partial charge in [-0.2, -0.15) is 0 Å². The number of likely N-dealkylation sites (tertiary alicyclic amines) is 1. The summed E-state index contributed by atoms with van der Waals surface area (Å²) in [6.45, 7) is 2.83. The minimum absolute atomic E-state index is 0.00162. The van der Waals surface area contributed by atoms with Gasteiger partial charge in [0, 0.05) is 26.2 Å². The van der Waals surface area contributed by atoms with Crippen molar-refractivity contribution >= 4 is 23.1 Å². The first-order chi connectivity index (χ1) is 8.97. The maximum Gasteiger partial charge on any atom is 0.311 e. The lowest BCUT2D eigenvalue weighted by Gasteiger charge is -2.21. The Bertz CT molecular complexity index is 483. The van der Waals surface area contributed by atoms with Gasteiger partial charge in [0.25, 0.3) is 0 Å². The van der Waals surface area contributed by atoms with E-state index in [1.807, 2.05) is 11.9 Å². The quantitative estimate of drug-likeness (QED) is 0.481. The predicted octanol–water partition coefficient (Wildman–Crippen LogP) is 2.03. The summed E-state index contributed by atoms with van der Waals surface area (Å²) in [5.41, 5.74) is -0.00162. The van der Waals surface area contributed by atoms with E-state index in [2.05, 4.69) is 16.9 Å². The van der Waals surface area contributed by atoms with Crippen LogP contribution in [-0.2, 0) is 0 Å². The molecule has 6 nitrogen and oxygen atoms in total. The largest absolute Gasteiger partial charge is 0.354 e. The molecule has 1 aliphatic heterocycles. The van der Waals surface area contributed by atoms with E-state index in [0.29, 0.717) is 11.7 Å². The number of nitro groups is 1.